The number of allylic oxidation sites excluding steroid dienone is 2. The number of fused-ring (bicyclic) bond motifs is 2. The van der Waals surface area contributed by atoms with Crippen LogP contribution in [-0.2, 0) is 0 Å². The summed E-state index contributed by atoms with van der Waals surface area (Å²) in [6, 6.07) is 0. The fourth-order valence-corrected chi connectivity index (χ4v) is 2.87. The molecule has 0 amide bonds. The molecule has 0 aromatic rings. The third-order valence-corrected chi connectivity index (χ3v) is 3.91. The third-order valence-electron chi connectivity index (χ3n) is 2.94. The minimum absolute atomic E-state index is 0.191. The third kappa shape index (κ3) is 1.31. The highest BCUT2D eigenvalue weighted by Gasteiger charge is 2.38. The Morgan fingerprint density at radius 3 is 2.64 bits per heavy atom. The molecule has 0 heterocycles. The van der Waals surface area contributed by atoms with Gasteiger partial charge in [-0.05, 0) is 30.6 Å². The second kappa shape index (κ2) is 2.99. The van der Waals surface area contributed by atoms with E-state index in [4.69, 9.17) is 23.2 Å². The van der Waals surface area contributed by atoms with E-state index in [9.17, 15) is 0 Å². The van der Waals surface area contributed by atoms with E-state index in [1.165, 1.54) is 12.8 Å². The molecule has 2 aliphatic carbocycles. The predicted octanol–water partition coefficient (Wildman–Crippen LogP) is 3.04. The van der Waals surface area contributed by atoms with Gasteiger partial charge in [-0.1, -0.05) is 12.2 Å². The first kappa shape index (κ1) is 7.94. The molecule has 11 heavy (non-hydrogen) atoms. The molecule has 0 spiro atoms. The van der Waals surface area contributed by atoms with Gasteiger partial charge in [-0.25, -0.2) is 0 Å². The molecule has 0 radical (unpaired) electrons. The lowest BCUT2D eigenvalue weighted by Crippen LogP contribution is -2.20. The molecular weight excluding hydrogens is 179 g/mol. The highest BCUT2D eigenvalue weighted by Crippen LogP contribution is 2.46. The Morgan fingerprint density at radius 2 is 2.18 bits per heavy atom. The number of hydrogen-bond acceptors (Lipinski definition) is 0. The summed E-state index contributed by atoms with van der Waals surface area (Å²) in [6.45, 7) is 0. The van der Waals surface area contributed by atoms with Crippen molar-refractivity contribution in [1.29, 1.82) is 0 Å². The van der Waals surface area contributed by atoms with Crippen LogP contribution in [0.3, 0.4) is 0 Å². The molecule has 1 fully saturated rings. The average Bonchev–Trinajstić information content (AvgIpc) is 2.62. The zero-order valence-corrected chi connectivity index (χ0v) is 7.85. The normalized spacial score (nSPS) is 43.3. The molecule has 0 aromatic heterocycles. The molecule has 0 aliphatic heterocycles. The maximum atomic E-state index is 6.10. The van der Waals surface area contributed by atoms with Crippen molar-refractivity contribution >= 4 is 23.2 Å². The fraction of sp³-hybridized carbons (Fsp3) is 0.778. The molecule has 0 nitrogen and oxygen atoms in total. The van der Waals surface area contributed by atoms with Crippen LogP contribution < -0.4 is 0 Å². The van der Waals surface area contributed by atoms with Crippen molar-refractivity contribution in [3.8, 4) is 0 Å². The minimum Gasteiger partial charge on any atom is -0.125 e. The van der Waals surface area contributed by atoms with Gasteiger partial charge >= 0.3 is 0 Å². The monoisotopic (exact) mass is 190 g/mol. The summed E-state index contributed by atoms with van der Waals surface area (Å²) in [5, 5.41) is 0.191. The Balaban J connectivity index is 2.02. The van der Waals surface area contributed by atoms with Crippen LogP contribution in [0.2, 0.25) is 0 Å². The number of alkyl halides is 2. The first-order valence-corrected chi connectivity index (χ1v) is 5.16. The smallest absolute Gasteiger partial charge is 0.0505 e. The Hall–Kier alpha value is 0.320. The van der Waals surface area contributed by atoms with E-state index >= 15 is 0 Å². The molecule has 0 aromatic carbocycles. The molecular formula is C9H12Cl2. The predicted molar refractivity (Wildman–Crippen MR) is 49.2 cm³/mol. The van der Waals surface area contributed by atoms with E-state index in [1.54, 1.807) is 0 Å². The Morgan fingerprint density at radius 1 is 1.36 bits per heavy atom. The molecule has 62 valence electrons. The van der Waals surface area contributed by atoms with Crippen LogP contribution in [0.1, 0.15) is 12.8 Å². The van der Waals surface area contributed by atoms with Crippen molar-refractivity contribution in [2.45, 2.75) is 18.2 Å². The van der Waals surface area contributed by atoms with Gasteiger partial charge in [-0.2, -0.15) is 0 Å². The lowest BCUT2D eigenvalue weighted by molar-refractivity contribution is 0.443. The second-order valence-corrected chi connectivity index (χ2v) is 4.48. The van der Waals surface area contributed by atoms with Crippen LogP contribution in [0, 0.1) is 17.8 Å². The van der Waals surface area contributed by atoms with Crippen molar-refractivity contribution in [3.05, 3.63) is 12.2 Å². The lowest BCUT2D eigenvalue weighted by atomic mass is 9.91. The van der Waals surface area contributed by atoms with E-state index in [-0.39, 0.29) is 5.38 Å². The van der Waals surface area contributed by atoms with Crippen LogP contribution in [0.4, 0.5) is 0 Å². The molecule has 0 saturated heterocycles. The van der Waals surface area contributed by atoms with Gasteiger partial charge in [0.1, 0.15) is 0 Å². The van der Waals surface area contributed by atoms with Crippen molar-refractivity contribution < 1.29 is 0 Å². The first-order valence-electron chi connectivity index (χ1n) is 4.19. The molecule has 2 rings (SSSR count). The summed E-state index contributed by atoms with van der Waals surface area (Å²) in [5.74, 6) is 2.81. The van der Waals surface area contributed by atoms with Gasteiger partial charge in [-0.3, -0.25) is 0 Å². The minimum atomic E-state index is 0.191. The van der Waals surface area contributed by atoms with Crippen LogP contribution in [0.25, 0.3) is 0 Å². The van der Waals surface area contributed by atoms with E-state index in [1.807, 2.05) is 0 Å². The first-order chi connectivity index (χ1) is 5.31. The highest BCUT2D eigenvalue weighted by molar-refractivity contribution is 6.28. The van der Waals surface area contributed by atoms with Crippen molar-refractivity contribution in [2.75, 3.05) is 5.88 Å². The van der Waals surface area contributed by atoms with Crippen molar-refractivity contribution in [1.82, 2.24) is 0 Å². The largest absolute Gasteiger partial charge is 0.125 e. The lowest BCUT2D eigenvalue weighted by Gasteiger charge is -2.21. The summed E-state index contributed by atoms with van der Waals surface area (Å²) in [5.41, 5.74) is 0. The van der Waals surface area contributed by atoms with Crippen molar-refractivity contribution in [3.63, 3.8) is 0 Å². The van der Waals surface area contributed by atoms with Crippen molar-refractivity contribution in [2.24, 2.45) is 17.8 Å². The highest BCUT2D eigenvalue weighted by atomic mass is 35.5. The Labute approximate surface area is 77.6 Å². The maximum absolute atomic E-state index is 6.10. The van der Waals surface area contributed by atoms with Crippen LogP contribution in [-0.4, -0.2) is 11.3 Å². The van der Waals surface area contributed by atoms with E-state index < -0.39 is 0 Å². The Kier molecular flexibility index (Phi) is 2.16. The van der Waals surface area contributed by atoms with E-state index in [0.29, 0.717) is 11.8 Å². The quantitative estimate of drug-likeness (QED) is 0.464. The molecule has 0 N–H and O–H groups in total. The van der Waals surface area contributed by atoms with Gasteiger partial charge in [-0.15, -0.1) is 23.2 Å². The summed E-state index contributed by atoms with van der Waals surface area (Å²) < 4.78 is 0. The van der Waals surface area contributed by atoms with Crippen LogP contribution in [0.5, 0.6) is 0 Å². The van der Waals surface area contributed by atoms with Gasteiger partial charge < -0.3 is 0 Å². The standard InChI is InChI=1S/C9H12Cl2/c10-5-9(11)8-4-6-1-2-7(8)3-6/h1-2,6-9H,3-5H2/t6-,7-,8+,9-/m1/s1. The van der Waals surface area contributed by atoms with Gasteiger partial charge in [0.2, 0.25) is 0 Å². The second-order valence-electron chi connectivity index (χ2n) is 3.61. The van der Waals surface area contributed by atoms with Gasteiger partial charge in [0.25, 0.3) is 0 Å². The maximum Gasteiger partial charge on any atom is 0.0505 e. The Bertz CT molecular complexity index is 176. The summed E-state index contributed by atoms with van der Waals surface area (Å²) in [7, 11) is 0. The number of halogens is 2. The SMILES string of the molecule is ClC[C@@H](Cl)[C@H]1C[C@@H]2C=C[C@@H]1C2. The van der Waals surface area contributed by atoms with Gasteiger partial charge in [0, 0.05) is 5.88 Å². The molecule has 2 bridgehead atoms. The zero-order valence-electron chi connectivity index (χ0n) is 6.34. The summed E-state index contributed by atoms with van der Waals surface area (Å²) >= 11 is 11.8. The average molecular weight is 191 g/mol. The van der Waals surface area contributed by atoms with Gasteiger partial charge in [0.05, 0.1) is 5.38 Å². The summed E-state index contributed by atoms with van der Waals surface area (Å²) in [4.78, 5) is 0. The molecule has 2 heteroatoms. The molecule has 0 unspecified atom stereocenters. The van der Waals surface area contributed by atoms with E-state index in [0.717, 1.165) is 11.8 Å². The number of rotatable bonds is 2. The zero-order chi connectivity index (χ0) is 7.84. The molecule has 4 atom stereocenters. The molecule has 1 saturated carbocycles. The summed E-state index contributed by atoms with van der Waals surface area (Å²) in [6.07, 6.45) is 7.24. The van der Waals surface area contributed by atoms with Gasteiger partial charge in [0.15, 0.2) is 0 Å². The number of hydrogen-bond donors (Lipinski definition) is 0. The topological polar surface area (TPSA) is 0 Å². The fourth-order valence-electron chi connectivity index (χ4n) is 2.35. The van der Waals surface area contributed by atoms with Crippen LogP contribution >= 0.6 is 23.2 Å². The van der Waals surface area contributed by atoms with Crippen LogP contribution in [0.15, 0.2) is 12.2 Å². The molecule has 2 aliphatic rings. The van der Waals surface area contributed by atoms with E-state index in [2.05, 4.69) is 12.2 Å².